The average molecular weight is 258 g/mol. The Balaban J connectivity index is 1.94. The van der Waals surface area contributed by atoms with Crippen LogP contribution in [0.4, 0.5) is 15.8 Å². The molecule has 3 heteroatoms. The topological polar surface area (TPSA) is 38.0 Å². The quantitative estimate of drug-likeness (QED) is 0.821. The first-order valence-corrected chi connectivity index (χ1v) is 6.41. The Morgan fingerprint density at radius 3 is 2.53 bits per heavy atom. The highest BCUT2D eigenvalue weighted by Gasteiger charge is 2.01. The second-order valence-electron chi connectivity index (χ2n) is 4.83. The minimum atomic E-state index is -0.308. The monoisotopic (exact) mass is 258 g/mol. The maximum absolute atomic E-state index is 12.9. The first-order valence-electron chi connectivity index (χ1n) is 6.41. The molecule has 0 aliphatic carbocycles. The van der Waals surface area contributed by atoms with Gasteiger partial charge in [0.05, 0.1) is 11.4 Å². The van der Waals surface area contributed by atoms with Crippen LogP contribution in [0.5, 0.6) is 0 Å². The van der Waals surface area contributed by atoms with Crippen LogP contribution in [-0.2, 0) is 6.42 Å². The largest absolute Gasteiger partial charge is 0.397 e. The van der Waals surface area contributed by atoms with Crippen molar-refractivity contribution < 1.29 is 4.39 Å². The molecule has 0 atom stereocenters. The highest BCUT2D eigenvalue weighted by atomic mass is 19.1. The van der Waals surface area contributed by atoms with Crippen molar-refractivity contribution in [3.63, 3.8) is 0 Å². The summed E-state index contributed by atoms with van der Waals surface area (Å²) in [5, 5.41) is 3.23. The van der Waals surface area contributed by atoms with Crippen molar-refractivity contribution in [3.8, 4) is 0 Å². The molecule has 0 unspecified atom stereocenters. The van der Waals surface area contributed by atoms with E-state index in [0.29, 0.717) is 5.69 Å². The SMILES string of the molecule is Cc1ccc(CCNc2ccc(F)cc2N)cc1C. The Morgan fingerprint density at radius 1 is 1.05 bits per heavy atom. The number of hydrogen-bond donors (Lipinski definition) is 2. The molecule has 2 rings (SSSR count). The van der Waals surface area contributed by atoms with E-state index in [-0.39, 0.29) is 5.82 Å². The van der Waals surface area contributed by atoms with Crippen molar-refractivity contribution >= 4 is 11.4 Å². The third-order valence-electron chi connectivity index (χ3n) is 3.31. The van der Waals surface area contributed by atoms with Crippen molar-refractivity contribution in [1.29, 1.82) is 0 Å². The van der Waals surface area contributed by atoms with Gasteiger partial charge >= 0.3 is 0 Å². The minimum Gasteiger partial charge on any atom is -0.397 e. The molecule has 3 N–H and O–H groups in total. The van der Waals surface area contributed by atoms with E-state index < -0.39 is 0 Å². The van der Waals surface area contributed by atoms with E-state index in [0.717, 1.165) is 18.7 Å². The number of nitrogens with one attached hydrogen (secondary N) is 1. The lowest BCUT2D eigenvalue weighted by Crippen LogP contribution is -2.07. The van der Waals surface area contributed by atoms with Gasteiger partial charge < -0.3 is 11.1 Å². The van der Waals surface area contributed by atoms with Gasteiger partial charge in [-0.2, -0.15) is 0 Å². The third-order valence-corrected chi connectivity index (χ3v) is 3.31. The molecule has 0 saturated carbocycles. The van der Waals surface area contributed by atoms with Crippen molar-refractivity contribution in [2.45, 2.75) is 20.3 Å². The Kier molecular flexibility index (Phi) is 4.05. The number of aryl methyl sites for hydroxylation is 2. The molecule has 0 bridgehead atoms. The molecule has 2 nitrogen and oxygen atoms in total. The zero-order valence-electron chi connectivity index (χ0n) is 11.3. The van der Waals surface area contributed by atoms with Gasteiger partial charge in [0.15, 0.2) is 0 Å². The normalized spacial score (nSPS) is 10.5. The standard InChI is InChI=1S/C16H19FN2/c1-11-3-4-13(9-12(11)2)7-8-19-16-6-5-14(17)10-15(16)18/h3-6,9-10,19H,7-8,18H2,1-2H3. The van der Waals surface area contributed by atoms with Gasteiger partial charge in [-0.3, -0.25) is 0 Å². The van der Waals surface area contributed by atoms with E-state index in [1.165, 1.54) is 28.8 Å². The maximum Gasteiger partial charge on any atom is 0.125 e. The van der Waals surface area contributed by atoms with Crippen LogP contribution in [-0.4, -0.2) is 6.54 Å². The maximum atomic E-state index is 12.9. The zero-order valence-corrected chi connectivity index (χ0v) is 11.3. The molecule has 100 valence electrons. The van der Waals surface area contributed by atoms with Crippen molar-refractivity contribution in [1.82, 2.24) is 0 Å². The number of benzene rings is 2. The molecule has 0 heterocycles. The number of hydrogen-bond acceptors (Lipinski definition) is 2. The van der Waals surface area contributed by atoms with Crippen LogP contribution in [0.15, 0.2) is 36.4 Å². The van der Waals surface area contributed by atoms with Gasteiger partial charge in [-0.15, -0.1) is 0 Å². The van der Waals surface area contributed by atoms with Gasteiger partial charge in [-0.25, -0.2) is 4.39 Å². The van der Waals surface area contributed by atoms with Gasteiger partial charge in [-0.05, 0) is 55.2 Å². The number of rotatable bonds is 4. The molecule has 0 radical (unpaired) electrons. The summed E-state index contributed by atoms with van der Waals surface area (Å²) >= 11 is 0. The number of nitrogens with two attached hydrogens (primary N) is 1. The Bertz CT molecular complexity index is 579. The smallest absolute Gasteiger partial charge is 0.125 e. The molecule has 0 aromatic heterocycles. The van der Waals surface area contributed by atoms with Crippen LogP contribution in [0.3, 0.4) is 0 Å². The molecule has 0 spiro atoms. The number of halogens is 1. The molecule has 0 saturated heterocycles. The Morgan fingerprint density at radius 2 is 1.84 bits per heavy atom. The van der Waals surface area contributed by atoms with Gasteiger partial charge in [0, 0.05) is 6.54 Å². The third kappa shape index (κ3) is 3.47. The molecular weight excluding hydrogens is 239 g/mol. The van der Waals surface area contributed by atoms with Crippen LogP contribution in [0.1, 0.15) is 16.7 Å². The highest BCUT2D eigenvalue weighted by Crippen LogP contribution is 2.19. The van der Waals surface area contributed by atoms with Crippen LogP contribution in [0.25, 0.3) is 0 Å². The van der Waals surface area contributed by atoms with Crippen molar-refractivity contribution in [3.05, 3.63) is 58.9 Å². The minimum absolute atomic E-state index is 0.308. The molecule has 2 aromatic rings. The first-order chi connectivity index (χ1) is 9.06. The van der Waals surface area contributed by atoms with Crippen LogP contribution < -0.4 is 11.1 Å². The molecule has 0 amide bonds. The van der Waals surface area contributed by atoms with Gasteiger partial charge in [0.1, 0.15) is 5.82 Å². The lowest BCUT2D eigenvalue weighted by molar-refractivity contribution is 0.628. The second kappa shape index (κ2) is 5.74. The highest BCUT2D eigenvalue weighted by molar-refractivity contribution is 5.65. The summed E-state index contributed by atoms with van der Waals surface area (Å²) in [4.78, 5) is 0. The zero-order chi connectivity index (χ0) is 13.8. The van der Waals surface area contributed by atoms with E-state index in [1.54, 1.807) is 6.07 Å². The van der Waals surface area contributed by atoms with E-state index in [9.17, 15) is 4.39 Å². The molecule has 0 fully saturated rings. The molecular formula is C16H19FN2. The van der Waals surface area contributed by atoms with Gasteiger partial charge in [-0.1, -0.05) is 18.2 Å². The predicted octanol–water partition coefficient (Wildman–Crippen LogP) is 3.68. The van der Waals surface area contributed by atoms with Crippen LogP contribution in [0.2, 0.25) is 0 Å². The summed E-state index contributed by atoms with van der Waals surface area (Å²) in [7, 11) is 0. The lowest BCUT2D eigenvalue weighted by atomic mass is 10.0. The molecule has 0 aliphatic heterocycles. The molecule has 0 aliphatic rings. The van der Waals surface area contributed by atoms with E-state index in [4.69, 9.17) is 5.73 Å². The van der Waals surface area contributed by atoms with E-state index >= 15 is 0 Å². The fraction of sp³-hybridized carbons (Fsp3) is 0.250. The molecule has 19 heavy (non-hydrogen) atoms. The van der Waals surface area contributed by atoms with Gasteiger partial charge in [0.25, 0.3) is 0 Å². The van der Waals surface area contributed by atoms with E-state index in [2.05, 4.69) is 37.4 Å². The van der Waals surface area contributed by atoms with Crippen molar-refractivity contribution in [2.75, 3.05) is 17.6 Å². The summed E-state index contributed by atoms with van der Waals surface area (Å²) < 4.78 is 12.9. The van der Waals surface area contributed by atoms with Gasteiger partial charge in [0.2, 0.25) is 0 Å². The number of anilines is 2. The average Bonchev–Trinajstić information content (AvgIpc) is 2.36. The van der Waals surface area contributed by atoms with Crippen LogP contribution in [0, 0.1) is 19.7 Å². The Hall–Kier alpha value is -2.03. The predicted molar refractivity (Wildman–Crippen MR) is 78.9 cm³/mol. The summed E-state index contributed by atoms with van der Waals surface area (Å²) in [6.45, 7) is 5.00. The lowest BCUT2D eigenvalue weighted by Gasteiger charge is -2.10. The number of nitrogen functional groups attached to an aromatic ring is 1. The Labute approximate surface area is 113 Å². The summed E-state index contributed by atoms with van der Waals surface area (Å²) in [6, 6.07) is 10.9. The summed E-state index contributed by atoms with van der Waals surface area (Å²) in [5.41, 5.74) is 10.9. The fourth-order valence-corrected chi connectivity index (χ4v) is 2.00. The second-order valence-corrected chi connectivity index (χ2v) is 4.83. The fourth-order valence-electron chi connectivity index (χ4n) is 2.00. The first kappa shape index (κ1) is 13.4. The summed E-state index contributed by atoms with van der Waals surface area (Å²) in [5.74, 6) is -0.308. The molecule has 2 aromatic carbocycles. The van der Waals surface area contributed by atoms with E-state index in [1.807, 2.05) is 0 Å². The van der Waals surface area contributed by atoms with Crippen LogP contribution >= 0.6 is 0 Å². The van der Waals surface area contributed by atoms with Crippen molar-refractivity contribution in [2.24, 2.45) is 0 Å². The summed E-state index contributed by atoms with van der Waals surface area (Å²) in [6.07, 6.45) is 0.915.